The maximum Gasteiger partial charge on any atom is 0.320 e. The summed E-state index contributed by atoms with van der Waals surface area (Å²) in [7, 11) is 0. The molecule has 0 radical (unpaired) electrons. The first-order valence-electron chi connectivity index (χ1n) is 6.40. The number of hydrogen-bond donors (Lipinski definition) is 3. The number of carbonyl (C=O) groups is 2. The Kier molecular flexibility index (Phi) is 6.11. The molecule has 0 saturated carbocycles. The molecule has 5 nitrogen and oxygen atoms in total. The molecule has 1 unspecified atom stereocenters. The molecule has 110 valence electrons. The van der Waals surface area contributed by atoms with Crippen molar-refractivity contribution >= 4 is 17.6 Å². The van der Waals surface area contributed by atoms with Crippen LogP contribution < -0.4 is 10.6 Å². The van der Waals surface area contributed by atoms with Gasteiger partial charge in [-0.25, -0.2) is 4.39 Å². The zero-order valence-corrected chi connectivity index (χ0v) is 11.5. The molecule has 0 aliphatic carbocycles. The highest BCUT2D eigenvalue weighted by atomic mass is 19.1. The fourth-order valence-corrected chi connectivity index (χ4v) is 1.70. The van der Waals surface area contributed by atoms with E-state index in [2.05, 4.69) is 10.6 Å². The minimum Gasteiger partial charge on any atom is -0.480 e. The first-order valence-corrected chi connectivity index (χ1v) is 6.40. The van der Waals surface area contributed by atoms with Gasteiger partial charge in [0.1, 0.15) is 11.9 Å². The predicted molar refractivity (Wildman–Crippen MR) is 73.9 cm³/mol. The summed E-state index contributed by atoms with van der Waals surface area (Å²) in [4.78, 5) is 22.7. The normalized spacial score (nSPS) is 12.2. The van der Waals surface area contributed by atoms with Crippen molar-refractivity contribution in [2.75, 3.05) is 11.9 Å². The maximum atomic E-state index is 12.7. The molecular formula is C14H19FN2O3. The van der Waals surface area contributed by atoms with E-state index < -0.39 is 12.0 Å². The molecule has 0 spiro atoms. The van der Waals surface area contributed by atoms with E-state index in [-0.39, 0.29) is 24.2 Å². The lowest BCUT2D eigenvalue weighted by Gasteiger charge is -2.16. The number of benzene rings is 1. The fraction of sp³-hybridized carbons (Fsp3) is 0.429. The van der Waals surface area contributed by atoms with Crippen LogP contribution in [0, 0.1) is 11.7 Å². The topological polar surface area (TPSA) is 78.4 Å². The van der Waals surface area contributed by atoms with E-state index in [0.717, 1.165) is 0 Å². The van der Waals surface area contributed by atoms with Crippen LogP contribution in [0.2, 0.25) is 0 Å². The second kappa shape index (κ2) is 7.59. The Hall–Kier alpha value is -1.95. The summed E-state index contributed by atoms with van der Waals surface area (Å²) >= 11 is 0. The van der Waals surface area contributed by atoms with Gasteiger partial charge >= 0.3 is 5.97 Å². The minimum absolute atomic E-state index is 0.110. The van der Waals surface area contributed by atoms with Crippen molar-refractivity contribution in [2.45, 2.75) is 26.3 Å². The van der Waals surface area contributed by atoms with Crippen molar-refractivity contribution in [2.24, 2.45) is 5.92 Å². The van der Waals surface area contributed by atoms with Crippen molar-refractivity contribution in [1.82, 2.24) is 5.32 Å². The van der Waals surface area contributed by atoms with Crippen molar-refractivity contribution in [1.29, 1.82) is 0 Å². The predicted octanol–water partition coefficient (Wildman–Crippen LogP) is 1.85. The Morgan fingerprint density at radius 2 is 1.85 bits per heavy atom. The SMILES string of the molecule is CC(C)CC(NCC(=O)Nc1ccc(F)cc1)C(=O)O. The summed E-state index contributed by atoms with van der Waals surface area (Å²) in [5.41, 5.74) is 0.467. The standard InChI is InChI=1S/C14H19FN2O3/c1-9(2)7-12(14(19)20)16-8-13(18)17-11-5-3-10(15)4-6-11/h3-6,9,12,16H,7-8H2,1-2H3,(H,17,18)(H,19,20). The van der Waals surface area contributed by atoms with E-state index in [1.54, 1.807) is 0 Å². The van der Waals surface area contributed by atoms with Crippen LogP contribution in [-0.2, 0) is 9.59 Å². The second-order valence-electron chi connectivity index (χ2n) is 4.96. The van der Waals surface area contributed by atoms with Crippen LogP contribution in [0.15, 0.2) is 24.3 Å². The van der Waals surface area contributed by atoms with Gasteiger partial charge in [-0.15, -0.1) is 0 Å². The lowest BCUT2D eigenvalue weighted by molar-refractivity contribution is -0.139. The van der Waals surface area contributed by atoms with Gasteiger partial charge in [0.05, 0.1) is 6.54 Å². The first-order chi connectivity index (χ1) is 9.38. The number of carboxylic acids is 1. The molecule has 0 aliphatic heterocycles. The number of carboxylic acid groups (broad SMARTS) is 1. The van der Waals surface area contributed by atoms with E-state index >= 15 is 0 Å². The summed E-state index contributed by atoms with van der Waals surface area (Å²) in [5.74, 6) is -1.52. The van der Waals surface area contributed by atoms with Crippen LogP contribution >= 0.6 is 0 Å². The molecule has 1 rings (SSSR count). The van der Waals surface area contributed by atoms with Crippen LogP contribution in [0.5, 0.6) is 0 Å². The zero-order chi connectivity index (χ0) is 15.1. The van der Waals surface area contributed by atoms with E-state index in [1.165, 1.54) is 24.3 Å². The lowest BCUT2D eigenvalue weighted by atomic mass is 10.0. The van der Waals surface area contributed by atoms with Crippen LogP contribution in [0.3, 0.4) is 0 Å². The highest BCUT2D eigenvalue weighted by molar-refractivity contribution is 5.92. The average molecular weight is 282 g/mol. The van der Waals surface area contributed by atoms with Gasteiger partial charge in [-0.1, -0.05) is 13.8 Å². The molecule has 1 atom stereocenters. The number of anilines is 1. The fourth-order valence-electron chi connectivity index (χ4n) is 1.70. The van der Waals surface area contributed by atoms with Gasteiger partial charge in [0.15, 0.2) is 0 Å². The second-order valence-corrected chi connectivity index (χ2v) is 4.96. The van der Waals surface area contributed by atoms with Crippen molar-refractivity contribution in [3.8, 4) is 0 Å². The molecule has 0 bridgehead atoms. The molecule has 0 aromatic heterocycles. The molecule has 0 heterocycles. The number of carbonyl (C=O) groups excluding carboxylic acids is 1. The Morgan fingerprint density at radius 1 is 1.25 bits per heavy atom. The third kappa shape index (κ3) is 5.79. The Labute approximate surface area is 117 Å². The number of rotatable bonds is 7. The third-order valence-corrected chi connectivity index (χ3v) is 2.64. The van der Waals surface area contributed by atoms with E-state index in [1.807, 2.05) is 13.8 Å². The number of halogens is 1. The monoisotopic (exact) mass is 282 g/mol. The van der Waals surface area contributed by atoms with Gasteiger partial charge in [-0.2, -0.15) is 0 Å². The maximum absolute atomic E-state index is 12.7. The number of hydrogen-bond acceptors (Lipinski definition) is 3. The van der Waals surface area contributed by atoms with Gasteiger partial charge in [-0.05, 0) is 36.6 Å². The molecule has 0 saturated heterocycles. The Morgan fingerprint density at radius 3 is 2.35 bits per heavy atom. The van der Waals surface area contributed by atoms with Gasteiger partial charge < -0.3 is 10.4 Å². The highest BCUT2D eigenvalue weighted by Crippen LogP contribution is 2.08. The van der Waals surface area contributed by atoms with Crippen molar-refractivity contribution in [3.05, 3.63) is 30.1 Å². The van der Waals surface area contributed by atoms with Crippen LogP contribution in [0.25, 0.3) is 0 Å². The van der Waals surface area contributed by atoms with E-state index in [4.69, 9.17) is 5.11 Å². The molecule has 6 heteroatoms. The van der Waals surface area contributed by atoms with E-state index in [9.17, 15) is 14.0 Å². The first kappa shape index (κ1) is 16.1. The molecule has 1 aromatic carbocycles. The largest absolute Gasteiger partial charge is 0.480 e. The molecule has 0 aliphatic rings. The minimum atomic E-state index is -0.978. The van der Waals surface area contributed by atoms with Gasteiger partial charge in [0, 0.05) is 5.69 Å². The third-order valence-electron chi connectivity index (χ3n) is 2.64. The van der Waals surface area contributed by atoms with Gasteiger partial charge in [0.2, 0.25) is 5.91 Å². The van der Waals surface area contributed by atoms with E-state index in [0.29, 0.717) is 12.1 Å². The lowest BCUT2D eigenvalue weighted by Crippen LogP contribution is -2.42. The number of amides is 1. The summed E-state index contributed by atoms with van der Waals surface area (Å²) in [5, 5.41) is 14.3. The number of aliphatic carboxylic acids is 1. The quantitative estimate of drug-likeness (QED) is 0.713. The van der Waals surface area contributed by atoms with Crippen LogP contribution in [-0.4, -0.2) is 29.6 Å². The van der Waals surface area contributed by atoms with Crippen molar-refractivity contribution < 1.29 is 19.1 Å². The smallest absolute Gasteiger partial charge is 0.320 e. The van der Waals surface area contributed by atoms with Crippen LogP contribution in [0.1, 0.15) is 20.3 Å². The van der Waals surface area contributed by atoms with Crippen molar-refractivity contribution in [3.63, 3.8) is 0 Å². The molecule has 1 amide bonds. The molecule has 1 aromatic rings. The van der Waals surface area contributed by atoms with Crippen LogP contribution in [0.4, 0.5) is 10.1 Å². The average Bonchev–Trinajstić information content (AvgIpc) is 2.36. The summed E-state index contributed by atoms with van der Waals surface area (Å²) < 4.78 is 12.7. The van der Waals surface area contributed by atoms with Gasteiger partial charge in [0.25, 0.3) is 0 Å². The molecule has 3 N–H and O–H groups in total. The highest BCUT2D eigenvalue weighted by Gasteiger charge is 2.19. The summed E-state index contributed by atoms with van der Waals surface area (Å²) in [6.07, 6.45) is 0.444. The zero-order valence-electron chi connectivity index (χ0n) is 11.5. The van der Waals surface area contributed by atoms with Gasteiger partial charge in [-0.3, -0.25) is 14.9 Å². The molecule has 20 heavy (non-hydrogen) atoms. The Balaban J connectivity index is 2.45. The Bertz CT molecular complexity index is 460. The number of nitrogens with one attached hydrogen (secondary N) is 2. The summed E-state index contributed by atoms with van der Waals surface area (Å²) in [6.45, 7) is 3.72. The molecular weight excluding hydrogens is 263 g/mol. The summed E-state index contributed by atoms with van der Waals surface area (Å²) in [6, 6.07) is 4.60. The molecule has 0 fully saturated rings.